The van der Waals surface area contributed by atoms with Crippen LogP contribution in [0.3, 0.4) is 0 Å². The second kappa shape index (κ2) is 8.03. The molecule has 0 aliphatic carbocycles. The molecule has 0 saturated carbocycles. The summed E-state index contributed by atoms with van der Waals surface area (Å²) in [5.74, 6) is 0.934. The second-order valence-corrected chi connectivity index (χ2v) is 5.74. The van der Waals surface area contributed by atoms with Gasteiger partial charge in [0.25, 0.3) is 0 Å². The molecule has 1 unspecified atom stereocenters. The van der Waals surface area contributed by atoms with E-state index >= 15 is 0 Å². The van der Waals surface area contributed by atoms with E-state index in [0.29, 0.717) is 12.5 Å². The number of likely N-dealkylation sites (N-methyl/N-ethyl adjacent to an activating group) is 1. The van der Waals surface area contributed by atoms with Gasteiger partial charge in [-0.1, -0.05) is 24.6 Å². The molecule has 1 saturated heterocycles. The molecular weight excluding hydrogens is 264 g/mol. The van der Waals surface area contributed by atoms with Crippen molar-refractivity contribution in [3.63, 3.8) is 0 Å². The highest BCUT2D eigenvalue weighted by molar-refractivity contribution is 5.79. The summed E-state index contributed by atoms with van der Waals surface area (Å²) < 4.78 is 5.30. The van der Waals surface area contributed by atoms with Gasteiger partial charge in [0.2, 0.25) is 5.91 Å². The van der Waals surface area contributed by atoms with Crippen LogP contribution in [0.2, 0.25) is 0 Å². The lowest BCUT2D eigenvalue weighted by atomic mass is 10.0. The van der Waals surface area contributed by atoms with Crippen molar-refractivity contribution in [3.05, 3.63) is 29.8 Å². The normalized spacial score (nSPS) is 18.3. The zero-order valence-electron chi connectivity index (χ0n) is 13.1. The first-order valence-electron chi connectivity index (χ1n) is 7.80. The lowest BCUT2D eigenvalue weighted by Crippen LogP contribution is -2.38. The Morgan fingerprint density at radius 2 is 2.19 bits per heavy atom. The first kappa shape index (κ1) is 15.8. The minimum atomic E-state index is 0.148. The topological polar surface area (TPSA) is 41.6 Å². The maximum Gasteiger partial charge on any atom is 0.226 e. The smallest absolute Gasteiger partial charge is 0.226 e. The number of carbonyl (C=O) groups is 1. The average molecular weight is 290 g/mol. The Kier molecular flexibility index (Phi) is 6.05. The van der Waals surface area contributed by atoms with E-state index in [1.165, 1.54) is 19.3 Å². The van der Waals surface area contributed by atoms with Crippen molar-refractivity contribution in [3.8, 4) is 5.75 Å². The minimum Gasteiger partial charge on any atom is -0.496 e. The molecule has 1 aliphatic rings. The Hall–Kier alpha value is -1.55. The number of nitrogens with zero attached hydrogens (tertiary/aromatic N) is 1. The molecule has 0 radical (unpaired) electrons. The molecule has 1 amide bonds. The number of benzene rings is 1. The first-order chi connectivity index (χ1) is 10.2. The number of para-hydroxylation sites is 1. The van der Waals surface area contributed by atoms with E-state index < -0.39 is 0 Å². The van der Waals surface area contributed by atoms with Crippen molar-refractivity contribution in [1.82, 2.24) is 10.2 Å². The van der Waals surface area contributed by atoms with Gasteiger partial charge in [-0.2, -0.15) is 0 Å². The fraction of sp³-hybridized carbons (Fsp3) is 0.588. The van der Waals surface area contributed by atoms with Crippen LogP contribution >= 0.6 is 0 Å². The average Bonchev–Trinajstić information content (AvgIpc) is 2.54. The summed E-state index contributed by atoms with van der Waals surface area (Å²) in [6, 6.07) is 8.28. The molecule has 1 fully saturated rings. The molecule has 1 atom stereocenters. The number of amides is 1. The molecule has 21 heavy (non-hydrogen) atoms. The third kappa shape index (κ3) is 4.74. The van der Waals surface area contributed by atoms with Gasteiger partial charge in [0, 0.05) is 25.2 Å². The van der Waals surface area contributed by atoms with Gasteiger partial charge in [-0.15, -0.1) is 0 Å². The van der Waals surface area contributed by atoms with Crippen molar-refractivity contribution in [1.29, 1.82) is 0 Å². The van der Waals surface area contributed by atoms with E-state index in [2.05, 4.69) is 5.32 Å². The largest absolute Gasteiger partial charge is 0.496 e. The van der Waals surface area contributed by atoms with Crippen LogP contribution in [0, 0.1) is 0 Å². The van der Waals surface area contributed by atoms with Crippen LogP contribution in [-0.2, 0) is 11.2 Å². The summed E-state index contributed by atoms with van der Waals surface area (Å²) in [5.41, 5.74) is 0.952. The lowest BCUT2D eigenvalue weighted by molar-refractivity contribution is -0.129. The van der Waals surface area contributed by atoms with Gasteiger partial charge in [0.15, 0.2) is 0 Å². The fourth-order valence-corrected chi connectivity index (χ4v) is 2.79. The summed E-state index contributed by atoms with van der Waals surface area (Å²) in [6.07, 6.45) is 5.25. The summed E-state index contributed by atoms with van der Waals surface area (Å²) >= 11 is 0. The van der Waals surface area contributed by atoms with Gasteiger partial charge >= 0.3 is 0 Å². The number of methoxy groups -OCH3 is 1. The predicted molar refractivity (Wildman–Crippen MR) is 84.6 cm³/mol. The molecule has 116 valence electrons. The molecule has 4 nitrogen and oxygen atoms in total. The van der Waals surface area contributed by atoms with Crippen LogP contribution in [0.25, 0.3) is 0 Å². The monoisotopic (exact) mass is 290 g/mol. The Bertz CT molecular complexity index is 456. The van der Waals surface area contributed by atoms with Crippen LogP contribution in [0.15, 0.2) is 24.3 Å². The molecule has 1 heterocycles. The predicted octanol–water partition coefficient (Wildman–Crippen LogP) is 2.23. The van der Waals surface area contributed by atoms with Crippen molar-refractivity contribution in [2.45, 2.75) is 38.1 Å². The van der Waals surface area contributed by atoms with E-state index in [-0.39, 0.29) is 5.91 Å². The van der Waals surface area contributed by atoms with Crippen LogP contribution in [0.5, 0.6) is 5.75 Å². The van der Waals surface area contributed by atoms with E-state index in [0.717, 1.165) is 30.8 Å². The molecule has 1 aromatic carbocycles. The SMILES string of the molecule is COc1ccccc1CC(=O)N(C)CCC1CCCCN1. The van der Waals surface area contributed by atoms with Gasteiger partial charge < -0.3 is 15.0 Å². The Morgan fingerprint density at radius 3 is 2.90 bits per heavy atom. The molecule has 0 spiro atoms. The van der Waals surface area contributed by atoms with E-state index in [4.69, 9.17) is 4.74 Å². The zero-order valence-corrected chi connectivity index (χ0v) is 13.1. The highest BCUT2D eigenvalue weighted by Crippen LogP contribution is 2.18. The molecule has 4 heteroatoms. The molecule has 2 rings (SSSR count). The van der Waals surface area contributed by atoms with Gasteiger partial charge in [-0.3, -0.25) is 4.79 Å². The number of piperidine rings is 1. The maximum absolute atomic E-state index is 12.3. The maximum atomic E-state index is 12.3. The standard InChI is InChI=1S/C17H26N2O2/c1-19(12-10-15-8-5-6-11-18-15)17(20)13-14-7-3-4-9-16(14)21-2/h3-4,7,9,15,18H,5-6,8,10-13H2,1-2H3. The molecule has 1 N–H and O–H groups in total. The number of hydrogen-bond acceptors (Lipinski definition) is 3. The van der Waals surface area contributed by atoms with E-state index in [9.17, 15) is 4.79 Å². The number of hydrogen-bond donors (Lipinski definition) is 1. The van der Waals surface area contributed by atoms with Crippen molar-refractivity contribution < 1.29 is 9.53 Å². The fourth-order valence-electron chi connectivity index (χ4n) is 2.79. The highest BCUT2D eigenvalue weighted by Gasteiger charge is 2.16. The Balaban J connectivity index is 1.81. The molecule has 1 aromatic rings. The number of carbonyl (C=O) groups excluding carboxylic acids is 1. The Labute approximate surface area is 127 Å². The number of ether oxygens (including phenoxy) is 1. The lowest BCUT2D eigenvalue weighted by Gasteiger charge is -2.26. The van der Waals surface area contributed by atoms with Crippen molar-refractivity contribution >= 4 is 5.91 Å². The van der Waals surface area contributed by atoms with Crippen LogP contribution < -0.4 is 10.1 Å². The number of nitrogens with one attached hydrogen (secondary N) is 1. The molecule has 1 aliphatic heterocycles. The van der Waals surface area contributed by atoms with Crippen LogP contribution in [0.4, 0.5) is 0 Å². The van der Waals surface area contributed by atoms with Gasteiger partial charge in [-0.05, 0) is 31.9 Å². The zero-order chi connectivity index (χ0) is 15.1. The summed E-state index contributed by atoms with van der Waals surface area (Å²) in [5, 5.41) is 3.52. The number of rotatable bonds is 6. The quantitative estimate of drug-likeness (QED) is 0.873. The first-order valence-corrected chi connectivity index (χ1v) is 7.80. The minimum absolute atomic E-state index is 0.148. The summed E-state index contributed by atoms with van der Waals surface area (Å²) in [4.78, 5) is 14.1. The van der Waals surface area contributed by atoms with Gasteiger partial charge in [0.05, 0.1) is 13.5 Å². The van der Waals surface area contributed by atoms with E-state index in [1.807, 2.05) is 36.2 Å². The van der Waals surface area contributed by atoms with Crippen molar-refractivity contribution in [2.75, 3.05) is 27.2 Å². The van der Waals surface area contributed by atoms with Gasteiger partial charge in [0.1, 0.15) is 5.75 Å². The van der Waals surface area contributed by atoms with Crippen LogP contribution in [0.1, 0.15) is 31.2 Å². The third-order valence-corrected chi connectivity index (χ3v) is 4.19. The van der Waals surface area contributed by atoms with Crippen molar-refractivity contribution in [2.24, 2.45) is 0 Å². The summed E-state index contributed by atoms with van der Waals surface area (Å²) in [7, 11) is 3.53. The summed E-state index contributed by atoms with van der Waals surface area (Å²) in [6.45, 7) is 1.93. The third-order valence-electron chi connectivity index (χ3n) is 4.19. The molecular formula is C17H26N2O2. The molecule has 0 bridgehead atoms. The van der Waals surface area contributed by atoms with Gasteiger partial charge in [-0.25, -0.2) is 0 Å². The van der Waals surface area contributed by atoms with E-state index in [1.54, 1.807) is 7.11 Å². The van der Waals surface area contributed by atoms with Crippen LogP contribution in [-0.4, -0.2) is 44.1 Å². The highest BCUT2D eigenvalue weighted by atomic mass is 16.5. The molecule has 0 aromatic heterocycles. The second-order valence-electron chi connectivity index (χ2n) is 5.74. The Morgan fingerprint density at radius 1 is 1.38 bits per heavy atom.